The number of ether oxygens (including phenoxy) is 4. The molecule has 0 unspecified atom stereocenters. The molecule has 0 bridgehead atoms. The normalized spacial score (nSPS) is 12.4. The van der Waals surface area contributed by atoms with Gasteiger partial charge in [0.15, 0.2) is 0 Å². The Morgan fingerprint density at radius 2 is 1.67 bits per heavy atom. The second-order valence-corrected chi connectivity index (χ2v) is 8.15. The molecule has 0 saturated heterocycles. The average Bonchev–Trinajstić information content (AvgIpc) is 2.67. The van der Waals surface area contributed by atoms with E-state index in [0.717, 1.165) is 43.6 Å². The number of alkyl carbamates (subject to hydrolysis) is 1. The first-order valence-electron chi connectivity index (χ1n) is 10.8. The molecule has 7 nitrogen and oxygen atoms in total. The van der Waals surface area contributed by atoms with Gasteiger partial charge in [0.05, 0.1) is 39.1 Å². The zero-order valence-electron chi connectivity index (χ0n) is 18.9. The second kappa shape index (κ2) is 15.0. The minimum Gasteiger partial charge on any atom is -0.494 e. The quantitative estimate of drug-likeness (QED) is 0.409. The zero-order chi connectivity index (χ0) is 22.2. The number of hydrogen-bond donors (Lipinski definition) is 2. The zero-order valence-corrected chi connectivity index (χ0v) is 18.9. The SMILES string of the molecule is C[C@@H](NC(=O)OC(C)(C)C)c1cccc(OCCCCCCOCCOCCO)c1. The van der Waals surface area contributed by atoms with E-state index in [-0.39, 0.29) is 12.6 Å². The van der Waals surface area contributed by atoms with Gasteiger partial charge in [-0.3, -0.25) is 0 Å². The van der Waals surface area contributed by atoms with Crippen LogP contribution in [0.3, 0.4) is 0 Å². The maximum atomic E-state index is 11.9. The summed E-state index contributed by atoms with van der Waals surface area (Å²) in [6.07, 6.45) is 3.75. The van der Waals surface area contributed by atoms with Gasteiger partial charge in [-0.05, 0) is 64.7 Å². The van der Waals surface area contributed by atoms with Crippen LogP contribution >= 0.6 is 0 Å². The lowest BCUT2D eigenvalue weighted by Crippen LogP contribution is -2.34. The van der Waals surface area contributed by atoms with Crippen molar-refractivity contribution < 1.29 is 28.8 Å². The van der Waals surface area contributed by atoms with Crippen molar-refractivity contribution in [1.29, 1.82) is 0 Å². The molecule has 0 heterocycles. The first-order chi connectivity index (χ1) is 14.3. The summed E-state index contributed by atoms with van der Waals surface area (Å²) in [6.45, 7) is 10.4. The van der Waals surface area contributed by atoms with Crippen molar-refractivity contribution in [2.45, 2.75) is 65.0 Å². The number of carbonyl (C=O) groups excluding carboxylic acids is 1. The molecule has 0 aliphatic heterocycles. The van der Waals surface area contributed by atoms with Crippen LogP contribution in [0.5, 0.6) is 5.75 Å². The molecule has 7 heteroatoms. The largest absolute Gasteiger partial charge is 0.494 e. The number of benzene rings is 1. The van der Waals surface area contributed by atoms with Crippen LogP contribution in [0.25, 0.3) is 0 Å². The van der Waals surface area contributed by atoms with Gasteiger partial charge in [-0.25, -0.2) is 4.79 Å². The van der Waals surface area contributed by atoms with Crippen molar-refractivity contribution in [3.05, 3.63) is 29.8 Å². The highest BCUT2D eigenvalue weighted by Gasteiger charge is 2.18. The summed E-state index contributed by atoms with van der Waals surface area (Å²) >= 11 is 0. The van der Waals surface area contributed by atoms with E-state index >= 15 is 0 Å². The summed E-state index contributed by atoms with van der Waals surface area (Å²) in [7, 11) is 0. The molecule has 1 aromatic carbocycles. The maximum Gasteiger partial charge on any atom is 0.408 e. The summed E-state index contributed by atoms with van der Waals surface area (Å²) < 4.78 is 21.8. The van der Waals surface area contributed by atoms with E-state index in [1.54, 1.807) is 0 Å². The third-order valence-electron chi connectivity index (χ3n) is 4.15. The average molecular weight is 426 g/mol. The second-order valence-electron chi connectivity index (χ2n) is 8.15. The van der Waals surface area contributed by atoms with Crippen molar-refractivity contribution >= 4 is 6.09 Å². The number of nitrogens with one attached hydrogen (secondary N) is 1. The lowest BCUT2D eigenvalue weighted by Gasteiger charge is -2.22. The molecular weight excluding hydrogens is 386 g/mol. The van der Waals surface area contributed by atoms with Gasteiger partial charge in [-0.2, -0.15) is 0 Å². The Morgan fingerprint density at radius 1 is 1.00 bits per heavy atom. The summed E-state index contributed by atoms with van der Waals surface area (Å²) in [5, 5.41) is 11.4. The third kappa shape index (κ3) is 13.4. The van der Waals surface area contributed by atoms with E-state index < -0.39 is 11.7 Å². The Morgan fingerprint density at radius 3 is 2.33 bits per heavy atom. The van der Waals surface area contributed by atoms with Crippen LogP contribution < -0.4 is 10.1 Å². The van der Waals surface area contributed by atoms with Gasteiger partial charge in [-0.15, -0.1) is 0 Å². The smallest absolute Gasteiger partial charge is 0.408 e. The summed E-state index contributed by atoms with van der Waals surface area (Å²) in [6, 6.07) is 7.60. The van der Waals surface area contributed by atoms with Gasteiger partial charge < -0.3 is 29.4 Å². The standard InChI is InChI=1S/C23H39NO6/c1-19(24-22(26)30-23(2,3)4)20-10-9-11-21(18-20)29-14-8-6-5-7-13-27-16-17-28-15-12-25/h9-11,18-19,25H,5-8,12-17H2,1-4H3,(H,24,26)/t19-/m1/s1. The number of unbranched alkanes of at least 4 members (excludes halogenated alkanes) is 3. The number of rotatable bonds is 15. The molecule has 30 heavy (non-hydrogen) atoms. The molecule has 1 amide bonds. The first-order valence-corrected chi connectivity index (χ1v) is 10.8. The van der Waals surface area contributed by atoms with Gasteiger partial charge in [0.2, 0.25) is 0 Å². The Kier molecular flexibility index (Phi) is 13.1. The molecule has 0 saturated carbocycles. The Bertz CT molecular complexity index is 587. The molecular formula is C23H39NO6. The molecule has 1 rings (SSSR count). The minimum atomic E-state index is -0.518. The van der Waals surface area contributed by atoms with Crippen molar-refractivity contribution in [3.63, 3.8) is 0 Å². The molecule has 2 N–H and O–H groups in total. The number of hydrogen-bond acceptors (Lipinski definition) is 6. The predicted octanol–water partition coefficient (Wildman–Crippen LogP) is 4.24. The van der Waals surface area contributed by atoms with E-state index in [1.807, 2.05) is 52.0 Å². The highest BCUT2D eigenvalue weighted by atomic mass is 16.6. The van der Waals surface area contributed by atoms with Crippen LogP contribution in [0.2, 0.25) is 0 Å². The molecule has 0 radical (unpaired) electrons. The van der Waals surface area contributed by atoms with Crippen molar-refractivity contribution in [2.75, 3.05) is 39.6 Å². The van der Waals surface area contributed by atoms with Crippen LogP contribution in [0.15, 0.2) is 24.3 Å². The van der Waals surface area contributed by atoms with E-state index in [2.05, 4.69) is 5.32 Å². The Labute approximate surface area is 181 Å². The minimum absolute atomic E-state index is 0.0500. The van der Waals surface area contributed by atoms with Crippen molar-refractivity contribution in [1.82, 2.24) is 5.32 Å². The monoisotopic (exact) mass is 425 g/mol. The highest BCUT2D eigenvalue weighted by Crippen LogP contribution is 2.20. The number of aliphatic hydroxyl groups excluding tert-OH is 1. The molecule has 0 aliphatic rings. The van der Waals surface area contributed by atoms with E-state index in [1.165, 1.54) is 0 Å². The van der Waals surface area contributed by atoms with Crippen LogP contribution in [0.1, 0.15) is 65.0 Å². The topological polar surface area (TPSA) is 86.3 Å². The molecule has 1 aromatic rings. The van der Waals surface area contributed by atoms with E-state index in [0.29, 0.717) is 26.4 Å². The molecule has 172 valence electrons. The van der Waals surface area contributed by atoms with E-state index in [4.69, 9.17) is 24.1 Å². The molecule has 0 fully saturated rings. The van der Waals surface area contributed by atoms with Crippen LogP contribution in [0.4, 0.5) is 4.79 Å². The van der Waals surface area contributed by atoms with Crippen LogP contribution in [-0.4, -0.2) is 56.4 Å². The Hall–Kier alpha value is -1.83. The summed E-state index contributed by atoms with van der Waals surface area (Å²) in [5.41, 5.74) is 0.453. The van der Waals surface area contributed by atoms with Gasteiger partial charge in [0.25, 0.3) is 0 Å². The fourth-order valence-electron chi connectivity index (χ4n) is 2.68. The first kappa shape index (κ1) is 26.2. The number of carbonyl (C=O) groups is 1. The van der Waals surface area contributed by atoms with Crippen LogP contribution in [0, 0.1) is 0 Å². The molecule has 1 atom stereocenters. The van der Waals surface area contributed by atoms with Crippen molar-refractivity contribution in [2.24, 2.45) is 0 Å². The number of aliphatic hydroxyl groups is 1. The van der Waals surface area contributed by atoms with Gasteiger partial charge in [0.1, 0.15) is 11.4 Å². The van der Waals surface area contributed by atoms with Gasteiger partial charge in [0, 0.05) is 6.61 Å². The fourth-order valence-corrected chi connectivity index (χ4v) is 2.68. The Balaban J connectivity index is 2.17. The third-order valence-corrected chi connectivity index (χ3v) is 4.15. The number of amides is 1. The molecule has 0 aromatic heterocycles. The lowest BCUT2D eigenvalue weighted by molar-refractivity contribution is 0.0320. The molecule has 0 aliphatic carbocycles. The van der Waals surface area contributed by atoms with Gasteiger partial charge >= 0.3 is 6.09 Å². The molecule has 0 spiro atoms. The fraction of sp³-hybridized carbons (Fsp3) is 0.696. The maximum absolute atomic E-state index is 11.9. The highest BCUT2D eigenvalue weighted by molar-refractivity contribution is 5.68. The lowest BCUT2D eigenvalue weighted by atomic mass is 10.1. The summed E-state index contributed by atoms with van der Waals surface area (Å²) in [5.74, 6) is 0.802. The van der Waals surface area contributed by atoms with Gasteiger partial charge in [-0.1, -0.05) is 18.6 Å². The summed E-state index contributed by atoms with van der Waals surface area (Å²) in [4.78, 5) is 11.9. The van der Waals surface area contributed by atoms with Crippen molar-refractivity contribution in [3.8, 4) is 5.75 Å². The van der Waals surface area contributed by atoms with E-state index in [9.17, 15) is 4.79 Å². The van der Waals surface area contributed by atoms with Crippen LogP contribution in [-0.2, 0) is 14.2 Å². The predicted molar refractivity (Wildman–Crippen MR) is 117 cm³/mol.